The lowest BCUT2D eigenvalue weighted by Gasteiger charge is -2.11. The summed E-state index contributed by atoms with van der Waals surface area (Å²) in [5.41, 5.74) is 3.01. The quantitative estimate of drug-likeness (QED) is 0.453. The van der Waals surface area contributed by atoms with E-state index < -0.39 is 11.7 Å². The Labute approximate surface area is 185 Å². The molecular weight excluding hydrogens is 409 g/mol. The fourth-order valence-corrected chi connectivity index (χ4v) is 3.37. The van der Waals surface area contributed by atoms with Crippen molar-refractivity contribution in [2.24, 2.45) is 0 Å². The van der Waals surface area contributed by atoms with Crippen molar-refractivity contribution in [1.82, 2.24) is 9.78 Å². The molecular formula is C25H22FN3O3. The fourth-order valence-electron chi connectivity index (χ4n) is 3.37. The standard InChI is InChI=1S/C25H22FN3O3/c1-16-9-12-21(26)22(13-16)27-25(30)20-15-29(17-7-5-4-6-8-17)28-24(20)19-11-10-18(31-2)14-23(19)32-3/h4-15H,1-3H3,(H,27,30). The number of rotatable bonds is 6. The van der Waals surface area contributed by atoms with Crippen LogP contribution in [-0.2, 0) is 0 Å². The third-order valence-corrected chi connectivity index (χ3v) is 5.01. The van der Waals surface area contributed by atoms with Gasteiger partial charge in [0.05, 0.1) is 31.2 Å². The normalized spacial score (nSPS) is 10.6. The van der Waals surface area contributed by atoms with Crippen LogP contribution in [0.25, 0.3) is 16.9 Å². The van der Waals surface area contributed by atoms with E-state index in [1.807, 2.05) is 37.3 Å². The molecule has 3 aromatic carbocycles. The molecule has 0 fully saturated rings. The SMILES string of the molecule is COc1ccc(-c2nn(-c3ccccc3)cc2C(=O)Nc2cc(C)ccc2F)c(OC)c1. The van der Waals surface area contributed by atoms with Crippen LogP contribution in [0.15, 0.2) is 72.9 Å². The van der Waals surface area contributed by atoms with Crippen LogP contribution in [0.3, 0.4) is 0 Å². The lowest BCUT2D eigenvalue weighted by Crippen LogP contribution is -2.13. The van der Waals surface area contributed by atoms with Gasteiger partial charge in [-0.15, -0.1) is 0 Å². The predicted octanol–water partition coefficient (Wildman–Crippen LogP) is 5.26. The van der Waals surface area contributed by atoms with E-state index in [1.165, 1.54) is 13.2 Å². The molecule has 6 nitrogen and oxygen atoms in total. The molecule has 4 rings (SSSR count). The number of halogens is 1. The number of nitrogens with one attached hydrogen (secondary N) is 1. The highest BCUT2D eigenvalue weighted by Gasteiger charge is 2.22. The average molecular weight is 431 g/mol. The van der Waals surface area contributed by atoms with Crippen LogP contribution in [0.1, 0.15) is 15.9 Å². The van der Waals surface area contributed by atoms with E-state index in [-0.39, 0.29) is 11.3 Å². The molecule has 0 aliphatic heterocycles. The minimum absolute atomic E-state index is 0.107. The Hall–Kier alpha value is -4.13. The smallest absolute Gasteiger partial charge is 0.259 e. The molecule has 1 amide bonds. The summed E-state index contributed by atoms with van der Waals surface area (Å²) in [6.07, 6.45) is 1.62. The van der Waals surface area contributed by atoms with Crippen molar-refractivity contribution in [3.05, 3.63) is 89.9 Å². The van der Waals surface area contributed by atoms with E-state index >= 15 is 0 Å². The molecule has 0 unspecified atom stereocenters. The van der Waals surface area contributed by atoms with Gasteiger partial charge in [0.15, 0.2) is 0 Å². The van der Waals surface area contributed by atoms with Gasteiger partial charge < -0.3 is 14.8 Å². The van der Waals surface area contributed by atoms with Gasteiger partial charge in [-0.2, -0.15) is 5.10 Å². The fraction of sp³-hybridized carbons (Fsp3) is 0.120. The number of aromatic nitrogens is 2. The summed E-state index contributed by atoms with van der Waals surface area (Å²) in [6.45, 7) is 1.83. The topological polar surface area (TPSA) is 65.4 Å². The molecule has 0 atom stereocenters. The van der Waals surface area contributed by atoms with E-state index in [0.29, 0.717) is 22.8 Å². The second-order valence-electron chi connectivity index (χ2n) is 7.18. The Balaban J connectivity index is 1.83. The van der Waals surface area contributed by atoms with Gasteiger partial charge in [0.25, 0.3) is 5.91 Å². The Kier molecular flexibility index (Phi) is 5.89. The van der Waals surface area contributed by atoms with Crippen molar-refractivity contribution >= 4 is 11.6 Å². The first kappa shape index (κ1) is 21.1. The predicted molar refractivity (Wildman–Crippen MR) is 121 cm³/mol. The number of aryl methyl sites for hydroxylation is 1. The number of carbonyl (C=O) groups is 1. The van der Waals surface area contributed by atoms with E-state index in [4.69, 9.17) is 9.47 Å². The lowest BCUT2D eigenvalue weighted by atomic mass is 10.1. The molecule has 0 bridgehead atoms. The maximum Gasteiger partial charge on any atom is 0.259 e. The van der Waals surface area contributed by atoms with Crippen molar-refractivity contribution in [3.63, 3.8) is 0 Å². The van der Waals surface area contributed by atoms with Gasteiger partial charge in [-0.25, -0.2) is 9.07 Å². The Morgan fingerprint density at radius 1 is 1.00 bits per heavy atom. The summed E-state index contributed by atoms with van der Waals surface area (Å²) >= 11 is 0. The number of hydrogen-bond acceptors (Lipinski definition) is 4. The summed E-state index contributed by atoms with van der Waals surface area (Å²) in [7, 11) is 3.10. The van der Waals surface area contributed by atoms with Gasteiger partial charge in [-0.3, -0.25) is 4.79 Å². The first-order chi connectivity index (χ1) is 15.5. The number of methoxy groups -OCH3 is 2. The number of anilines is 1. The molecule has 0 saturated carbocycles. The summed E-state index contributed by atoms with van der Waals surface area (Å²) in [4.78, 5) is 13.2. The molecule has 162 valence electrons. The minimum atomic E-state index is -0.511. The highest BCUT2D eigenvalue weighted by molar-refractivity contribution is 6.08. The van der Waals surface area contributed by atoms with Crippen molar-refractivity contribution in [2.45, 2.75) is 6.92 Å². The molecule has 1 N–H and O–H groups in total. The van der Waals surface area contributed by atoms with Crippen LogP contribution in [0.5, 0.6) is 11.5 Å². The first-order valence-electron chi connectivity index (χ1n) is 9.95. The molecule has 0 aliphatic rings. The van der Waals surface area contributed by atoms with Crippen LogP contribution in [0.4, 0.5) is 10.1 Å². The first-order valence-corrected chi connectivity index (χ1v) is 9.95. The molecule has 0 radical (unpaired) electrons. The zero-order valence-electron chi connectivity index (χ0n) is 17.9. The summed E-state index contributed by atoms with van der Waals surface area (Å²) in [5, 5.41) is 7.33. The van der Waals surface area contributed by atoms with Gasteiger partial charge in [0.2, 0.25) is 0 Å². The lowest BCUT2D eigenvalue weighted by molar-refractivity contribution is 0.102. The number of nitrogens with zero attached hydrogens (tertiary/aromatic N) is 2. The van der Waals surface area contributed by atoms with E-state index in [9.17, 15) is 9.18 Å². The molecule has 0 spiro atoms. The monoisotopic (exact) mass is 431 g/mol. The number of hydrogen-bond donors (Lipinski definition) is 1. The maximum atomic E-state index is 14.3. The minimum Gasteiger partial charge on any atom is -0.497 e. The number of amides is 1. The van der Waals surface area contributed by atoms with Crippen LogP contribution in [0.2, 0.25) is 0 Å². The number of carbonyl (C=O) groups excluding carboxylic acids is 1. The largest absolute Gasteiger partial charge is 0.497 e. The van der Waals surface area contributed by atoms with Gasteiger partial charge in [0, 0.05) is 17.8 Å². The highest BCUT2D eigenvalue weighted by Crippen LogP contribution is 2.35. The number of ether oxygens (including phenoxy) is 2. The summed E-state index contributed by atoms with van der Waals surface area (Å²) in [5.74, 6) is 0.118. The third-order valence-electron chi connectivity index (χ3n) is 5.01. The molecule has 7 heteroatoms. The summed E-state index contributed by atoms with van der Waals surface area (Å²) in [6, 6.07) is 19.2. The van der Waals surface area contributed by atoms with Crippen molar-refractivity contribution < 1.29 is 18.7 Å². The molecule has 1 heterocycles. The van der Waals surface area contributed by atoms with Crippen molar-refractivity contribution in [1.29, 1.82) is 0 Å². The van der Waals surface area contributed by atoms with Crippen molar-refractivity contribution in [2.75, 3.05) is 19.5 Å². The zero-order chi connectivity index (χ0) is 22.7. The Morgan fingerprint density at radius 3 is 2.50 bits per heavy atom. The van der Waals surface area contributed by atoms with Crippen LogP contribution in [-0.4, -0.2) is 29.9 Å². The molecule has 0 saturated heterocycles. The average Bonchev–Trinajstić information content (AvgIpc) is 3.27. The van der Waals surface area contributed by atoms with E-state index in [0.717, 1.165) is 11.3 Å². The van der Waals surface area contributed by atoms with Crippen molar-refractivity contribution in [3.8, 4) is 28.4 Å². The van der Waals surface area contributed by atoms with Gasteiger partial charge >= 0.3 is 0 Å². The van der Waals surface area contributed by atoms with Crippen LogP contribution >= 0.6 is 0 Å². The number of benzene rings is 3. The third kappa shape index (κ3) is 4.18. The molecule has 32 heavy (non-hydrogen) atoms. The van der Waals surface area contributed by atoms with Crippen LogP contribution < -0.4 is 14.8 Å². The zero-order valence-corrected chi connectivity index (χ0v) is 17.9. The highest BCUT2D eigenvalue weighted by atomic mass is 19.1. The second-order valence-corrected chi connectivity index (χ2v) is 7.18. The molecule has 0 aliphatic carbocycles. The number of para-hydroxylation sites is 1. The Bertz CT molecular complexity index is 1270. The van der Waals surface area contributed by atoms with Crippen LogP contribution in [0, 0.1) is 12.7 Å². The van der Waals surface area contributed by atoms with Gasteiger partial charge in [-0.05, 0) is 48.9 Å². The Morgan fingerprint density at radius 2 is 1.78 bits per heavy atom. The van der Waals surface area contributed by atoms with E-state index in [2.05, 4.69) is 10.4 Å². The molecule has 4 aromatic rings. The van der Waals surface area contributed by atoms with Gasteiger partial charge in [-0.1, -0.05) is 24.3 Å². The van der Waals surface area contributed by atoms with Gasteiger partial charge in [0.1, 0.15) is 23.0 Å². The maximum absolute atomic E-state index is 14.3. The molecule has 1 aromatic heterocycles. The summed E-state index contributed by atoms with van der Waals surface area (Å²) < 4.78 is 26.7. The second kappa shape index (κ2) is 8.93. The van der Waals surface area contributed by atoms with E-state index in [1.54, 1.807) is 48.3 Å².